The lowest BCUT2D eigenvalue weighted by atomic mass is 9.79. The summed E-state index contributed by atoms with van der Waals surface area (Å²) in [6.45, 7) is 3.30. The highest BCUT2D eigenvalue weighted by atomic mass is 35.5. The molecule has 1 aromatic carbocycles. The van der Waals surface area contributed by atoms with Gasteiger partial charge in [0.05, 0.1) is 7.11 Å². The van der Waals surface area contributed by atoms with Crippen molar-refractivity contribution in [3.63, 3.8) is 0 Å². The first-order valence-electron chi connectivity index (χ1n) is 7.89. The third kappa shape index (κ3) is 3.53. The molecule has 1 aromatic rings. The normalized spacial score (nSPS) is 26.8. The van der Waals surface area contributed by atoms with E-state index in [9.17, 15) is 0 Å². The van der Waals surface area contributed by atoms with Gasteiger partial charge < -0.3 is 10.5 Å². The predicted octanol–water partition coefficient (Wildman–Crippen LogP) is 3.03. The molecule has 2 fully saturated rings. The zero-order valence-corrected chi connectivity index (χ0v) is 13.6. The second kappa shape index (κ2) is 7.48. The molecule has 118 valence electrons. The summed E-state index contributed by atoms with van der Waals surface area (Å²) >= 11 is 0. The standard InChI is InChI=1S/C17H26N2O.ClH/c1-20-17-5-3-2-4-16(17)14-6-8-15(9-7-14)19-11-13(10-18)12-19;/h2-5,13-15H,6-12,18H2,1H3;1H. The van der Waals surface area contributed by atoms with E-state index in [4.69, 9.17) is 10.5 Å². The first kappa shape index (κ1) is 16.6. The Balaban J connectivity index is 0.00000161. The van der Waals surface area contributed by atoms with Crippen molar-refractivity contribution in [3.05, 3.63) is 29.8 Å². The van der Waals surface area contributed by atoms with Crippen LogP contribution in [0.4, 0.5) is 0 Å². The van der Waals surface area contributed by atoms with Gasteiger partial charge in [-0.2, -0.15) is 0 Å². The lowest BCUT2D eigenvalue weighted by Crippen LogP contribution is -2.55. The Bertz CT molecular complexity index is 440. The van der Waals surface area contributed by atoms with Gasteiger partial charge in [0.2, 0.25) is 0 Å². The largest absolute Gasteiger partial charge is 0.496 e. The van der Waals surface area contributed by atoms with E-state index in [-0.39, 0.29) is 12.4 Å². The number of ether oxygens (including phenoxy) is 1. The summed E-state index contributed by atoms with van der Waals surface area (Å²) in [6.07, 6.45) is 5.21. The predicted molar refractivity (Wildman–Crippen MR) is 89.4 cm³/mol. The van der Waals surface area contributed by atoms with Crippen molar-refractivity contribution >= 4 is 12.4 Å². The Morgan fingerprint density at radius 2 is 1.81 bits per heavy atom. The first-order valence-corrected chi connectivity index (χ1v) is 7.89. The number of nitrogens with two attached hydrogens (primary N) is 1. The molecule has 1 heterocycles. The van der Waals surface area contributed by atoms with Crippen LogP contribution in [0.3, 0.4) is 0 Å². The molecule has 0 bridgehead atoms. The van der Waals surface area contributed by atoms with Gasteiger partial charge in [-0.25, -0.2) is 0 Å². The second-order valence-electron chi connectivity index (χ2n) is 6.30. The molecule has 1 aliphatic carbocycles. The highest BCUT2D eigenvalue weighted by Crippen LogP contribution is 2.39. The number of benzene rings is 1. The van der Waals surface area contributed by atoms with Gasteiger partial charge in [0.25, 0.3) is 0 Å². The summed E-state index contributed by atoms with van der Waals surface area (Å²) < 4.78 is 5.51. The van der Waals surface area contributed by atoms with Gasteiger partial charge in [-0.05, 0) is 55.7 Å². The molecule has 0 unspecified atom stereocenters. The quantitative estimate of drug-likeness (QED) is 0.929. The van der Waals surface area contributed by atoms with E-state index in [2.05, 4.69) is 29.2 Å². The number of methoxy groups -OCH3 is 1. The van der Waals surface area contributed by atoms with Crippen molar-refractivity contribution in [2.45, 2.75) is 37.6 Å². The minimum absolute atomic E-state index is 0. The second-order valence-corrected chi connectivity index (χ2v) is 6.30. The Morgan fingerprint density at radius 1 is 1.14 bits per heavy atom. The molecule has 3 nitrogen and oxygen atoms in total. The van der Waals surface area contributed by atoms with E-state index in [1.807, 2.05) is 0 Å². The van der Waals surface area contributed by atoms with Gasteiger partial charge in [0.15, 0.2) is 0 Å². The van der Waals surface area contributed by atoms with Crippen LogP contribution in [0.15, 0.2) is 24.3 Å². The maximum absolute atomic E-state index is 5.72. The Kier molecular flexibility index (Phi) is 5.91. The zero-order valence-electron chi connectivity index (χ0n) is 12.8. The fourth-order valence-electron chi connectivity index (χ4n) is 3.81. The van der Waals surface area contributed by atoms with Crippen molar-refractivity contribution in [3.8, 4) is 5.75 Å². The number of para-hydroxylation sites is 1. The van der Waals surface area contributed by atoms with Gasteiger partial charge in [-0.15, -0.1) is 12.4 Å². The van der Waals surface area contributed by atoms with Crippen molar-refractivity contribution in [2.24, 2.45) is 11.7 Å². The maximum atomic E-state index is 5.72. The molecule has 1 saturated carbocycles. The molecular weight excluding hydrogens is 284 g/mol. The smallest absolute Gasteiger partial charge is 0.122 e. The van der Waals surface area contributed by atoms with Gasteiger partial charge in [-0.1, -0.05) is 18.2 Å². The third-order valence-electron chi connectivity index (χ3n) is 5.11. The van der Waals surface area contributed by atoms with Crippen LogP contribution < -0.4 is 10.5 Å². The minimum atomic E-state index is 0. The zero-order chi connectivity index (χ0) is 13.9. The SMILES string of the molecule is COc1ccccc1C1CCC(N2CC(CN)C2)CC1.Cl. The average Bonchev–Trinajstić information content (AvgIpc) is 2.47. The van der Waals surface area contributed by atoms with Crippen molar-refractivity contribution < 1.29 is 4.74 Å². The molecule has 3 rings (SSSR count). The van der Waals surface area contributed by atoms with Gasteiger partial charge in [0, 0.05) is 19.1 Å². The van der Waals surface area contributed by atoms with Gasteiger partial charge in [-0.3, -0.25) is 4.90 Å². The molecule has 21 heavy (non-hydrogen) atoms. The Morgan fingerprint density at radius 3 is 2.43 bits per heavy atom. The summed E-state index contributed by atoms with van der Waals surface area (Å²) in [6, 6.07) is 9.30. The van der Waals surface area contributed by atoms with Crippen molar-refractivity contribution in [1.82, 2.24) is 4.90 Å². The fraction of sp³-hybridized carbons (Fsp3) is 0.647. The lowest BCUT2D eigenvalue weighted by molar-refractivity contribution is 0.0366. The van der Waals surface area contributed by atoms with Crippen molar-refractivity contribution in [1.29, 1.82) is 0 Å². The summed E-state index contributed by atoms with van der Waals surface area (Å²) in [7, 11) is 1.78. The van der Waals surface area contributed by atoms with E-state index in [0.717, 1.165) is 24.3 Å². The van der Waals surface area contributed by atoms with Crippen LogP contribution in [0.1, 0.15) is 37.2 Å². The van der Waals surface area contributed by atoms with Crippen LogP contribution in [-0.2, 0) is 0 Å². The van der Waals surface area contributed by atoms with E-state index in [0.29, 0.717) is 5.92 Å². The highest BCUT2D eigenvalue weighted by molar-refractivity contribution is 5.85. The number of halogens is 1. The van der Waals surface area contributed by atoms with Crippen LogP contribution >= 0.6 is 12.4 Å². The highest BCUT2D eigenvalue weighted by Gasteiger charge is 2.34. The molecule has 2 aliphatic rings. The van der Waals surface area contributed by atoms with Gasteiger partial charge >= 0.3 is 0 Å². The van der Waals surface area contributed by atoms with E-state index < -0.39 is 0 Å². The molecule has 4 heteroatoms. The lowest BCUT2D eigenvalue weighted by Gasteiger charge is -2.46. The molecule has 1 aliphatic heterocycles. The minimum Gasteiger partial charge on any atom is -0.496 e. The summed E-state index contributed by atoms with van der Waals surface area (Å²) in [5, 5.41) is 0. The first-order chi connectivity index (χ1) is 9.81. The molecule has 0 atom stereocenters. The molecule has 0 aromatic heterocycles. The Labute approximate surface area is 134 Å². The fourth-order valence-corrected chi connectivity index (χ4v) is 3.81. The number of likely N-dealkylation sites (tertiary alicyclic amines) is 1. The van der Waals surface area contributed by atoms with Crippen LogP contribution in [0.2, 0.25) is 0 Å². The van der Waals surface area contributed by atoms with E-state index in [1.54, 1.807) is 7.11 Å². The number of nitrogens with zero attached hydrogens (tertiary/aromatic N) is 1. The maximum Gasteiger partial charge on any atom is 0.122 e. The summed E-state index contributed by atoms with van der Waals surface area (Å²) in [5.74, 6) is 2.49. The van der Waals surface area contributed by atoms with Crippen LogP contribution in [0, 0.1) is 5.92 Å². The molecule has 2 N–H and O–H groups in total. The van der Waals surface area contributed by atoms with Gasteiger partial charge in [0.1, 0.15) is 5.75 Å². The molecule has 0 radical (unpaired) electrons. The monoisotopic (exact) mass is 310 g/mol. The average molecular weight is 311 g/mol. The number of hydrogen-bond donors (Lipinski definition) is 1. The summed E-state index contributed by atoms with van der Waals surface area (Å²) in [5.41, 5.74) is 7.11. The molecule has 0 amide bonds. The van der Waals surface area contributed by atoms with Crippen LogP contribution in [-0.4, -0.2) is 37.7 Å². The topological polar surface area (TPSA) is 38.5 Å². The van der Waals surface area contributed by atoms with E-state index >= 15 is 0 Å². The van der Waals surface area contributed by atoms with E-state index in [1.165, 1.54) is 44.3 Å². The summed E-state index contributed by atoms with van der Waals surface area (Å²) in [4.78, 5) is 2.63. The molecule has 0 spiro atoms. The van der Waals surface area contributed by atoms with Crippen molar-refractivity contribution in [2.75, 3.05) is 26.7 Å². The Hall–Kier alpha value is -0.770. The van der Waals surface area contributed by atoms with Crippen LogP contribution in [0.5, 0.6) is 5.75 Å². The third-order valence-corrected chi connectivity index (χ3v) is 5.11. The number of hydrogen-bond acceptors (Lipinski definition) is 3. The molecule has 1 saturated heterocycles. The number of rotatable bonds is 4. The van der Waals surface area contributed by atoms with Crippen LogP contribution in [0.25, 0.3) is 0 Å². The molecular formula is C17H27ClN2O.